The standard InChI is InChI=1S/C21H27N5O2/c1-3-24-20-18(21(28)22-2)11-10-17(26-20)8-4-5-14-25-19(27)12-9-16-7-6-13-23-15-16/h6-7,9-13,15H,3-5,8,14H2,1-2H3,(H,22,28)(H,24,26)(H,25,27)/b12-9+. The molecule has 0 saturated heterocycles. The Bertz CT molecular complexity index is 806. The molecule has 2 aromatic rings. The molecule has 0 aliphatic heterocycles. The van der Waals surface area contributed by atoms with Gasteiger partial charge in [-0.05, 0) is 56.0 Å². The van der Waals surface area contributed by atoms with Crippen LogP contribution in [0.4, 0.5) is 5.82 Å². The van der Waals surface area contributed by atoms with Gasteiger partial charge in [0.15, 0.2) is 0 Å². The Kier molecular flexibility index (Phi) is 8.65. The number of nitrogens with one attached hydrogen (secondary N) is 3. The van der Waals surface area contributed by atoms with Crippen molar-refractivity contribution in [1.29, 1.82) is 0 Å². The van der Waals surface area contributed by atoms with E-state index in [-0.39, 0.29) is 11.8 Å². The molecule has 0 unspecified atom stereocenters. The number of hydrogen-bond donors (Lipinski definition) is 3. The lowest BCUT2D eigenvalue weighted by Gasteiger charge is -2.11. The Morgan fingerprint density at radius 1 is 1.18 bits per heavy atom. The van der Waals surface area contributed by atoms with Gasteiger partial charge in [-0.2, -0.15) is 0 Å². The van der Waals surface area contributed by atoms with Crippen molar-refractivity contribution in [1.82, 2.24) is 20.6 Å². The van der Waals surface area contributed by atoms with Crippen LogP contribution in [0.15, 0.2) is 42.7 Å². The molecule has 0 saturated carbocycles. The minimum atomic E-state index is -0.156. The lowest BCUT2D eigenvalue weighted by molar-refractivity contribution is -0.116. The molecule has 7 nitrogen and oxygen atoms in total. The number of anilines is 1. The van der Waals surface area contributed by atoms with E-state index in [9.17, 15) is 9.59 Å². The van der Waals surface area contributed by atoms with Gasteiger partial charge in [0.05, 0.1) is 5.56 Å². The third-order valence-electron chi connectivity index (χ3n) is 4.04. The predicted molar refractivity (Wildman–Crippen MR) is 111 cm³/mol. The maximum Gasteiger partial charge on any atom is 0.254 e. The predicted octanol–water partition coefficient (Wildman–Crippen LogP) is 2.42. The molecule has 0 fully saturated rings. The van der Waals surface area contributed by atoms with Gasteiger partial charge in [-0.3, -0.25) is 14.6 Å². The Hall–Kier alpha value is -3.22. The number of pyridine rings is 2. The average Bonchev–Trinajstić information content (AvgIpc) is 2.72. The molecule has 2 aromatic heterocycles. The maximum absolute atomic E-state index is 11.9. The van der Waals surface area contributed by atoms with E-state index in [0.29, 0.717) is 24.5 Å². The SMILES string of the molecule is CCNc1nc(CCCCNC(=O)/C=C/c2cccnc2)ccc1C(=O)NC. The van der Waals surface area contributed by atoms with Gasteiger partial charge in [0.1, 0.15) is 5.82 Å². The van der Waals surface area contributed by atoms with Crippen LogP contribution >= 0.6 is 0 Å². The molecular weight excluding hydrogens is 354 g/mol. The van der Waals surface area contributed by atoms with Crippen molar-refractivity contribution in [3.63, 3.8) is 0 Å². The molecule has 0 aliphatic carbocycles. The van der Waals surface area contributed by atoms with Crippen LogP contribution in [0.25, 0.3) is 6.08 Å². The molecule has 0 spiro atoms. The Balaban J connectivity index is 1.75. The Labute approximate surface area is 165 Å². The lowest BCUT2D eigenvalue weighted by Crippen LogP contribution is -2.22. The maximum atomic E-state index is 11.9. The van der Waals surface area contributed by atoms with Gasteiger partial charge < -0.3 is 16.0 Å². The molecule has 2 heterocycles. The molecule has 0 bridgehead atoms. The van der Waals surface area contributed by atoms with Crippen molar-refractivity contribution in [2.75, 3.05) is 25.5 Å². The molecule has 2 rings (SSSR count). The number of rotatable bonds is 10. The average molecular weight is 381 g/mol. The highest BCUT2D eigenvalue weighted by molar-refractivity contribution is 5.98. The second-order valence-corrected chi connectivity index (χ2v) is 6.18. The fraction of sp³-hybridized carbons (Fsp3) is 0.333. The molecule has 0 radical (unpaired) electrons. The summed E-state index contributed by atoms with van der Waals surface area (Å²) < 4.78 is 0. The lowest BCUT2D eigenvalue weighted by atomic mass is 10.1. The number of unbranched alkanes of at least 4 members (excludes halogenated alkanes) is 1. The molecule has 148 valence electrons. The zero-order valence-corrected chi connectivity index (χ0v) is 16.4. The highest BCUT2D eigenvalue weighted by Crippen LogP contribution is 2.15. The summed E-state index contributed by atoms with van der Waals surface area (Å²) in [7, 11) is 1.60. The normalized spacial score (nSPS) is 10.6. The summed E-state index contributed by atoms with van der Waals surface area (Å²) in [6, 6.07) is 7.39. The fourth-order valence-electron chi connectivity index (χ4n) is 2.61. The van der Waals surface area contributed by atoms with E-state index in [2.05, 4.69) is 25.9 Å². The van der Waals surface area contributed by atoms with Crippen LogP contribution < -0.4 is 16.0 Å². The van der Waals surface area contributed by atoms with Gasteiger partial charge in [0.2, 0.25) is 5.91 Å². The largest absolute Gasteiger partial charge is 0.370 e. The van der Waals surface area contributed by atoms with Crippen molar-refractivity contribution in [2.24, 2.45) is 0 Å². The van der Waals surface area contributed by atoms with Gasteiger partial charge >= 0.3 is 0 Å². The monoisotopic (exact) mass is 381 g/mol. The van der Waals surface area contributed by atoms with E-state index in [1.165, 1.54) is 6.08 Å². The van der Waals surface area contributed by atoms with Crippen LogP contribution in [0.3, 0.4) is 0 Å². The smallest absolute Gasteiger partial charge is 0.254 e. The highest BCUT2D eigenvalue weighted by Gasteiger charge is 2.11. The number of carbonyl (C=O) groups excluding carboxylic acids is 2. The highest BCUT2D eigenvalue weighted by atomic mass is 16.2. The van der Waals surface area contributed by atoms with E-state index in [4.69, 9.17) is 0 Å². The minimum Gasteiger partial charge on any atom is -0.370 e. The summed E-state index contributed by atoms with van der Waals surface area (Å²) in [5.74, 6) is 0.330. The zero-order valence-electron chi connectivity index (χ0n) is 16.4. The molecule has 2 amide bonds. The van der Waals surface area contributed by atoms with Crippen LogP contribution in [0, 0.1) is 0 Å². The van der Waals surface area contributed by atoms with E-state index < -0.39 is 0 Å². The number of amides is 2. The molecule has 0 atom stereocenters. The van der Waals surface area contributed by atoms with Gasteiger partial charge in [0.25, 0.3) is 5.91 Å². The van der Waals surface area contributed by atoms with Crippen LogP contribution in [0.5, 0.6) is 0 Å². The van der Waals surface area contributed by atoms with Crippen molar-refractivity contribution in [3.8, 4) is 0 Å². The number of hydrogen-bond acceptors (Lipinski definition) is 5. The Morgan fingerprint density at radius 2 is 2.04 bits per heavy atom. The van der Waals surface area contributed by atoms with Crippen LogP contribution in [0.2, 0.25) is 0 Å². The fourth-order valence-corrected chi connectivity index (χ4v) is 2.61. The van der Waals surface area contributed by atoms with E-state index in [1.54, 1.807) is 31.6 Å². The van der Waals surface area contributed by atoms with Gasteiger partial charge in [-0.15, -0.1) is 0 Å². The topological polar surface area (TPSA) is 96.0 Å². The second-order valence-electron chi connectivity index (χ2n) is 6.18. The van der Waals surface area contributed by atoms with Crippen LogP contribution in [-0.2, 0) is 11.2 Å². The van der Waals surface area contributed by atoms with E-state index >= 15 is 0 Å². The Morgan fingerprint density at radius 3 is 2.75 bits per heavy atom. The van der Waals surface area contributed by atoms with Gasteiger partial charge in [-0.1, -0.05) is 6.07 Å². The van der Waals surface area contributed by atoms with E-state index in [1.807, 2.05) is 25.1 Å². The first-order valence-corrected chi connectivity index (χ1v) is 9.46. The number of nitrogens with zero attached hydrogens (tertiary/aromatic N) is 2. The van der Waals surface area contributed by atoms with Gasteiger partial charge in [-0.25, -0.2) is 4.98 Å². The van der Waals surface area contributed by atoms with Crippen molar-refractivity contribution in [2.45, 2.75) is 26.2 Å². The first kappa shape index (κ1) is 21.1. The summed E-state index contributed by atoms with van der Waals surface area (Å²) in [4.78, 5) is 32.3. The first-order chi connectivity index (χ1) is 13.6. The molecular formula is C21H27N5O2. The number of aryl methyl sites for hydroxylation is 1. The molecule has 28 heavy (non-hydrogen) atoms. The third-order valence-corrected chi connectivity index (χ3v) is 4.04. The minimum absolute atomic E-state index is 0.119. The summed E-state index contributed by atoms with van der Waals surface area (Å²) in [5.41, 5.74) is 2.35. The quantitative estimate of drug-likeness (QED) is 0.434. The second kappa shape index (κ2) is 11.5. The summed E-state index contributed by atoms with van der Waals surface area (Å²) in [6.45, 7) is 3.26. The summed E-state index contributed by atoms with van der Waals surface area (Å²) >= 11 is 0. The van der Waals surface area contributed by atoms with Gasteiger partial charge in [0, 0.05) is 44.3 Å². The van der Waals surface area contributed by atoms with Crippen LogP contribution in [-0.4, -0.2) is 41.9 Å². The van der Waals surface area contributed by atoms with E-state index in [0.717, 1.165) is 30.5 Å². The summed E-state index contributed by atoms with van der Waals surface area (Å²) in [6.07, 6.45) is 9.18. The summed E-state index contributed by atoms with van der Waals surface area (Å²) in [5, 5.41) is 8.63. The van der Waals surface area contributed by atoms with Crippen molar-refractivity contribution >= 4 is 23.7 Å². The molecule has 3 N–H and O–H groups in total. The third kappa shape index (κ3) is 6.83. The molecule has 7 heteroatoms. The first-order valence-electron chi connectivity index (χ1n) is 9.46. The van der Waals surface area contributed by atoms with Crippen LogP contribution in [0.1, 0.15) is 41.4 Å². The zero-order chi connectivity index (χ0) is 20.2. The van der Waals surface area contributed by atoms with Crippen molar-refractivity contribution in [3.05, 3.63) is 59.6 Å². The number of aromatic nitrogens is 2. The number of carbonyl (C=O) groups is 2. The van der Waals surface area contributed by atoms with Crippen molar-refractivity contribution < 1.29 is 9.59 Å². The molecule has 0 aromatic carbocycles. The molecule has 0 aliphatic rings.